The fourth-order valence-corrected chi connectivity index (χ4v) is 10.9. The first-order valence-electron chi connectivity index (χ1n) is 61.1. The monoisotopic (exact) mass is 1830 g/mol. The first-order chi connectivity index (χ1) is 81.4. The second kappa shape index (κ2) is 48.9. The lowest BCUT2D eigenvalue weighted by Crippen LogP contribution is -2.11. The Labute approximate surface area is 831 Å². The summed E-state index contributed by atoms with van der Waals surface area (Å²) in [5.41, 5.74) is -10.5. The van der Waals surface area contributed by atoms with Crippen LogP contribution in [0.2, 0.25) is 0 Å². The Morgan fingerprint density at radius 3 is 0.864 bits per heavy atom. The molecule has 12 rings (SSSR count). The van der Waals surface area contributed by atoms with Gasteiger partial charge in [-0.1, -0.05) is 24.2 Å². The number of fused-ring (bicyclic) bond motifs is 4. The van der Waals surface area contributed by atoms with Crippen LogP contribution in [0.1, 0.15) is 156 Å². The van der Waals surface area contributed by atoms with Gasteiger partial charge >= 0.3 is 0 Å². The Kier molecular flexibility index (Phi) is 20.2. The number of nitrogens with zero attached hydrogens (tertiary/aromatic N) is 12. The van der Waals surface area contributed by atoms with Crippen molar-refractivity contribution in [2.24, 2.45) is 0 Å². The summed E-state index contributed by atoms with van der Waals surface area (Å²) in [5, 5.41) is 48.4. The quantitative estimate of drug-likeness (QED) is 0.0209. The van der Waals surface area contributed by atoms with Gasteiger partial charge in [-0.3, -0.25) is 39.1 Å². The van der Waals surface area contributed by atoms with Crippen LogP contribution in [-0.2, 0) is 44.9 Å². The summed E-state index contributed by atoms with van der Waals surface area (Å²) in [6.45, 7) is -8.75. The number of aromatic nitrogens is 4. The molecule has 0 amide bonds. The van der Waals surface area contributed by atoms with Gasteiger partial charge in [0.2, 0.25) is 0 Å². The van der Waals surface area contributed by atoms with Gasteiger partial charge in [-0.05, 0) is 255 Å². The number of ether oxygens (including phenoxy) is 4. The molecule has 28 heteroatoms. The van der Waals surface area contributed by atoms with Crippen molar-refractivity contribution in [2.45, 2.75) is 81.0 Å². The Bertz CT molecular complexity index is 9070. The number of benzene rings is 8. The molecule has 4 heterocycles. The first-order valence-corrected chi connectivity index (χ1v) is 38.6. The number of pyridine rings is 4. The van der Waals surface area contributed by atoms with Gasteiger partial charge in [-0.2, -0.15) is 21.0 Å². The summed E-state index contributed by atoms with van der Waals surface area (Å²) in [7, 11) is 11.6. The predicted molar refractivity (Wildman–Crippen MR) is 514 cm³/mol. The number of carbonyl (C=O) groups excluding carboxylic acids is 4. The van der Waals surface area contributed by atoms with Crippen molar-refractivity contribution in [3.8, 4) is 47.3 Å². The third-order valence-electron chi connectivity index (χ3n) is 16.8. The third-order valence-corrected chi connectivity index (χ3v) is 16.8. The molecule has 0 aliphatic heterocycles. The number of carbonyl (C=O) groups is 4. The van der Waals surface area contributed by atoms with Crippen LogP contribution in [0.4, 0.5) is 63.1 Å². The number of nitrogens with one attached hydrogen (secondary N) is 4. The van der Waals surface area contributed by atoms with E-state index in [9.17, 15) is 57.8 Å². The van der Waals surface area contributed by atoms with Gasteiger partial charge in [-0.15, -0.1) is 0 Å². The summed E-state index contributed by atoms with van der Waals surface area (Å²) in [5.74, 6) is -11.3. The van der Waals surface area contributed by atoms with Crippen molar-refractivity contribution >= 4 is 112 Å². The van der Waals surface area contributed by atoms with Crippen molar-refractivity contribution in [3.05, 3.63) is 284 Å². The first kappa shape index (κ1) is 54.4. The lowest BCUT2D eigenvalue weighted by molar-refractivity contribution is -0.114. The summed E-state index contributed by atoms with van der Waals surface area (Å²) in [4.78, 5) is 73.4. The highest BCUT2D eigenvalue weighted by molar-refractivity contribution is 6.03. The molecule has 0 saturated heterocycles. The van der Waals surface area contributed by atoms with Gasteiger partial charge in [-0.25, -0.2) is 17.6 Å². The van der Waals surface area contributed by atoms with Crippen molar-refractivity contribution in [1.29, 1.82) is 21.0 Å². The summed E-state index contributed by atoms with van der Waals surface area (Å²) >= 11 is 0. The summed E-state index contributed by atoms with van der Waals surface area (Å²) in [6, 6.07) is -13.7. The van der Waals surface area contributed by atoms with Crippen molar-refractivity contribution in [3.63, 3.8) is 0 Å². The van der Waals surface area contributed by atoms with Crippen LogP contribution < -0.4 is 40.2 Å². The molecule has 0 saturated carbocycles. The Morgan fingerprint density at radius 1 is 0.386 bits per heavy atom. The number of hydrogen-bond acceptors (Lipinski definition) is 24. The highest BCUT2D eigenvalue weighted by Gasteiger charge is 2.23. The fraction of sp³-hybridized carbons (Fsp3) is 0.269. The van der Waals surface area contributed by atoms with Gasteiger partial charge in [0.25, 0.3) is 0 Å². The van der Waals surface area contributed by atoms with Gasteiger partial charge in [0.05, 0.1) is 145 Å². The van der Waals surface area contributed by atoms with E-state index in [0.717, 1.165) is 23.6 Å². The Balaban J connectivity index is 0.000000258. The van der Waals surface area contributed by atoms with E-state index in [0.29, 0.717) is 0 Å². The normalized spacial score (nSPS) is 17.3. The SMILES string of the molecule is [2H]/C(C(=O)Cc1c(OC([2H])([2H])C)c([2H])c2nc([2H])c(C#N)c(Nc3c([2H])c([2H])c(F)c(C)c3[2H])c2c1[2H])=C(/[2H])C([2H])([2H])N(C)C.[2H]/C(C(=O)Cc1c(OCC)c([2H])c2nc([2H])c(C#N)c(Nc3c([2H])c([2H])c(F)c(C)c3[2H])c2c1[2H])=C(/[2H])C([2H])([2H])N(C)C.[2H]/C(CN(C)C)=C(/[2H])C(=O)Cc1c(OC([2H])([2H])C([2H])([2H])[2H])c([2H])c2nc([2H])c(C#N)c(Nc3c([2H])c([2H])c(F)c(C)c3[2H])c2c1[2H].[2H]/C(CN(C)C)=C(/[2H])C(=O)Cc1c(OC([2H])([2H])C)c([2H])c2nc([2H])c(C#N)c(Nc3c([2H])c([2H])c(F)c(C)c3[2H])c2c1[2H]. The molecule has 4 aromatic heterocycles. The molecule has 0 atom stereocenters. The summed E-state index contributed by atoms with van der Waals surface area (Å²) < 4.78 is 448. The maximum atomic E-state index is 14.4. The van der Waals surface area contributed by atoms with Crippen molar-refractivity contribution < 1.29 is 117 Å². The van der Waals surface area contributed by atoms with E-state index in [1.165, 1.54) is 60.8 Å². The van der Waals surface area contributed by atoms with E-state index in [-0.39, 0.29) is 86.9 Å². The fourth-order valence-electron chi connectivity index (χ4n) is 10.9. The number of ketones is 4. The minimum absolute atomic E-state index is 0.0326. The van der Waals surface area contributed by atoms with E-state index in [2.05, 4.69) is 41.2 Å². The molecular weight excluding hydrogens is 1680 g/mol. The Morgan fingerprint density at radius 2 is 0.636 bits per heavy atom. The van der Waals surface area contributed by atoms with E-state index >= 15 is 0 Å². The Hall–Kier alpha value is -15.0. The van der Waals surface area contributed by atoms with Crippen LogP contribution >= 0.6 is 0 Å². The molecule has 0 aliphatic carbocycles. The zero-order valence-corrected chi connectivity index (χ0v) is 73.1. The zero-order valence-electron chi connectivity index (χ0n) is 118. The third kappa shape index (κ3) is 28.5. The molecule has 0 aliphatic rings. The molecule has 0 radical (unpaired) electrons. The molecule has 24 nitrogen and oxygen atoms in total. The second-order valence-electron chi connectivity index (χ2n) is 28.0. The standard InChI is InChI=1S/4C26H27FN4O2/c4*1-5-33-25-14-24-22(13-18(25)12-21(32)7-6-10-31(3)4)26(19(15-28)16-29-24)30-20-8-9-23(27)17(2)11-20/h4*6-9,11,13-14,16H,5,10,12H2,1-4H3,(H,29,30)/b4*7-6+/i5D2,6D,7D,8D,9D,10D2,11D,13D,14D,16D;1D3,5D2,6D,7D,8D,9D,11D,13D,14D,16D;6D,7D,8D,9D,10D2,11D,13D,14D,16D;5D2,6D,7D,8D,9D,11D,13D,14D,16D. The molecule has 12 aromatic rings. The molecule has 132 heavy (non-hydrogen) atoms. The molecular formula is C104H108F4N16O8. The van der Waals surface area contributed by atoms with E-state index in [1.54, 1.807) is 64.3 Å². The number of anilines is 8. The molecule has 0 spiro atoms. The minimum Gasteiger partial charge on any atom is -0.494 e. The van der Waals surface area contributed by atoms with Gasteiger partial charge in [0.1, 0.15) is 70.5 Å². The lowest BCUT2D eigenvalue weighted by Gasteiger charge is -2.15. The van der Waals surface area contributed by atoms with Crippen LogP contribution in [0.5, 0.6) is 23.0 Å². The average Bonchev–Trinajstić information content (AvgIpc) is 0.825. The van der Waals surface area contributed by atoms with Crippen molar-refractivity contribution in [1.82, 2.24) is 39.5 Å². The van der Waals surface area contributed by atoms with Gasteiger partial charge in [0.15, 0.2) is 23.1 Å². The predicted octanol–water partition coefficient (Wildman–Crippen LogP) is 19.7. The van der Waals surface area contributed by atoms with Crippen LogP contribution in [-0.4, -0.2) is 171 Å². The largest absolute Gasteiger partial charge is 0.494 e. The molecule has 8 aromatic carbocycles. The maximum absolute atomic E-state index is 14.4. The van der Waals surface area contributed by atoms with Crippen LogP contribution in [0.15, 0.2) is 194 Å². The zero-order chi connectivity index (χ0) is 135. The number of nitriles is 4. The highest BCUT2D eigenvalue weighted by Crippen LogP contribution is 2.40. The van der Waals surface area contributed by atoms with Crippen LogP contribution in [0.25, 0.3) is 43.6 Å². The highest BCUT2D eigenvalue weighted by atomic mass is 19.1. The molecule has 4 N–H and O–H groups in total. The number of likely N-dealkylation sites (N-methyl/N-ethyl adjacent to an activating group) is 4. The topological polar surface area (TPSA) is 313 Å². The maximum Gasteiger partial charge on any atom is 0.159 e. The molecule has 0 bridgehead atoms. The lowest BCUT2D eigenvalue weighted by atomic mass is 10.0. The number of allylic oxidation sites excluding steroid dienone is 4. The van der Waals surface area contributed by atoms with E-state index < -0.39 is 417 Å². The molecule has 0 fully saturated rings. The van der Waals surface area contributed by atoms with Crippen LogP contribution in [0.3, 0.4) is 0 Å². The number of halogens is 4. The molecule has 0 unspecified atom stereocenters. The second-order valence-corrected chi connectivity index (χ2v) is 28.0. The molecule has 680 valence electrons. The number of rotatable bonds is 36. The van der Waals surface area contributed by atoms with Crippen molar-refractivity contribution in [2.75, 3.05) is 130 Å². The summed E-state index contributed by atoms with van der Waals surface area (Å²) in [6.07, 6.45) is -6.40. The van der Waals surface area contributed by atoms with E-state index in [4.69, 9.17) is 80.6 Å². The minimum atomic E-state index is -3.49. The van der Waals surface area contributed by atoms with Crippen LogP contribution in [0, 0.1) is 96.3 Å². The number of hydrogen-bond donors (Lipinski definition) is 4. The smallest absolute Gasteiger partial charge is 0.159 e. The van der Waals surface area contributed by atoms with E-state index in [1.807, 2.05) is 0 Å². The average molecular weight is 1830 g/mol. The van der Waals surface area contributed by atoms with Gasteiger partial charge < -0.3 is 59.8 Å². The van der Waals surface area contributed by atoms with Gasteiger partial charge in [0, 0.05) is 177 Å².